The number of aryl methyl sites for hydroxylation is 2. The molecule has 1 atom stereocenters. The fraction of sp³-hybridized carbons (Fsp3) is 0.625. The van der Waals surface area contributed by atoms with E-state index in [1.165, 1.54) is 36.0 Å². The minimum atomic E-state index is 0.349. The number of unbranched alkanes of at least 4 members (excludes halogenated alkanes) is 2. The third-order valence-corrected chi connectivity index (χ3v) is 3.66. The first-order chi connectivity index (χ1) is 8.60. The van der Waals surface area contributed by atoms with Crippen LogP contribution in [0.3, 0.4) is 0 Å². The van der Waals surface area contributed by atoms with E-state index in [4.69, 9.17) is 5.73 Å². The van der Waals surface area contributed by atoms with Gasteiger partial charge in [-0.2, -0.15) is 0 Å². The molecule has 0 saturated heterocycles. The smallest absolute Gasteiger partial charge is 0.0470 e. The van der Waals surface area contributed by atoms with Crippen LogP contribution in [0.25, 0.3) is 0 Å². The molecule has 0 aliphatic heterocycles. The van der Waals surface area contributed by atoms with E-state index in [0.717, 1.165) is 6.54 Å². The Kier molecular flexibility index (Phi) is 6.37. The van der Waals surface area contributed by atoms with E-state index >= 15 is 0 Å². The number of hydrogen-bond acceptors (Lipinski definition) is 2. The van der Waals surface area contributed by atoms with Crippen molar-refractivity contribution in [2.75, 3.05) is 20.1 Å². The number of hydrogen-bond donors (Lipinski definition) is 1. The third kappa shape index (κ3) is 4.11. The molecule has 18 heavy (non-hydrogen) atoms. The number of likely N-dealkylation sites (N-methyl/N-ethyl adjacent to an activating group) is 1. The quantitative estimate of drug-likeness (QED) is 0.749. The predicted octanol–water partition coefficient (Wildman–Crippen LogP) is 3.43. The van der Waals surface area contributed by atoms with Gasteiger partial charge in [0.2, 0.25) is 0 Å². The Morgan fingerprint density at radius 3 is 2.56 bits per heavy atom. The minimum Gasteiger partial charge on any atom is -0.329 e. The number of benzene rings is 1. The highest BCUT2D eigenvalue weighted by Crippen LogP contribution is 2.23. The zero-order valence-corrected chi connectivity index (χ0v) is 12.4. The zero-order chi connectivity index (χ0) is 13.5. The molecule has 0 amide bonds. The van der Waals surface area contributed by atoms with Crippen LogP contribution in [-0.2, 0) is 0 Å². The van der Waals surface area contributed by atoms with Crippen molar-refractivity contribution in [1.29, 1.82) is 0 Å². The van der Waals surface area contributed by atoms with E-state index in [1.807, 2.05) is 0 Å². The highest BCUT2D eigenvalue weighted by atomic mass is 15.1. The van der Waals surface area contributed by atoms with Gasteiger partial charge in [0, 0.05) is 12.6 Å². The molecule has 1 unspecified atom stereocenters. The first kappa shape index (κ1) is 15.2. The third-order valence-electron chi connectivity index (χ3n) is 3.66. The van der Waals surface area contributed by atoms with Crippen molar-refractivity contribution in [2.24, 2.45) is 5.73 Å². The van der Waals surface area contributed by atoms with Gasteiger partial charge in [-0.25, -0.2) is 0 Å². The topological polar surface area (TPSA) is 29.3 Å². The van der Waals surface area contributed by atoms with Gasteiger partial charge in [0.1, 0.15) is 0 Å². The number of nitrogens with two attached hydrogens (primary N) is 1. The van der Waals surface area contributed by atoms with E-state index < -0.39 is 0 Å². The van der Waals surface area contributed by atoms with Crippen LogP contribution in [0.1, 0.15) is 48.9 Å². The molecule has 0 bridgehead atoms. The maximum atomic E-state index is 5.99. The summed E-state index contributed by atoms with van der Waals surface area (Å²) in [5.41, 5.74) is 10.0. The lowest BCUT2D eigenvalue weighted by molar-refractivity contribution is 0.244. The molecule has 1 rings (SSSR count). The Hall–Kier alpha value is -0.860. The molecule has 102 valence electrons. The molecule has 2 N–H and O–H groups in total. The molecule has 0 saturated carbocycles. The molecule has 0 heterocycles. The van der Waals surface area contributed by atoms with Crippen LogP contribution in [0.4, 0.5) is 0 Å². The van der Waals surface area contributed by atoms with Gasteiger partial charge in [-0.15, -0.1) is 0 Å². The monoisotopic (exact) mass is 248 g/mol. The molecule has 1 aromatic rings. The van der Waals surface area contributed by atoms with Crippen molar-refractivity contribution in [3.8, 4) is 0 Å². The van der Waals surface area contributed by atoms with Crippen LogP contribution >= 0.6 is 0 Å². The van der Waals surface area contributed by atoms with Gasteiger partial charge in [0.25, 0.3) is 0 Å². The molecule has 0 fully saturated rings. The van der Waals surface area contributed by atoms with Crippen molar-refractivity contribution in [3.63, 3.8) is 0 Å². The summed E-state index contributed by atoms with van der Waals surface area (Å²) < 4.78 is 0. The van der Waals surface area contributed by atoms with Crippen molar-refractivity contribution in [3.05, 3.63) is 34.9 Å². The summed E-state index contributed by atoms with van der Waals surface area (Å²) in [7, 11) is 2.19. The summed E-state index contributed by atoms with van der Waals surface area (Å²) in [6.45, 7) is 8.38. The first-order valence-electron chi connectivity index (χ1n) is 7.07. The van der Waals surface area contributed by atoms with Crippen LogP contribution in [0.2, 0.25) is 0 Å². The molecule has 0 spiro atoms. The van der Waals surface area contributed by atoms with Crippen LogP contribution < -0.4 is 5.73 Å². The summed E-state index contributed by atoms with van der Waals surface area (Å²) in [6, 6.07) is 7.00. The van der Waals surface area contributed by atoms with E-state index in [0.29, 0.717) is 12.6 Å². The Balaban J connectivity index is 2.78. The first-order valence-corrected chi connectivity index (χ1v) is 7.07. The fourth-order valence-electron chi connectivity index (χ4n) is 2.43. The average Bonchev–Trinajstić information content (AvgIpc) is 2.35. The van der Waals surface area contributed by atoms with Gasteiger partial charge >= 0.3 is 0 Å². The molecule has 0 radical (unpaired) electrons. The largest absolute Gasteiger partial charge is 0.329 e. The average molecular weight is 248 g/mol. The molecule has 2 nitrogen and oxygen atoms in total. The summed E-state index contributed by atoms with van der Waals surface area (Å²) in [6.07, 6.45) is 3.83. The summed E-state index contributed by atoms with van der Waals surface area (Å²) in [5.74, 6) is 0. The second-order valence-electron chi connectivity index (χ2n) is 5.30. The van der Waals surface area contributed by atoms with Crippen LogP contribution in [0.15, 0.2) is 18.2 Å². The maximum absolute atomic E-state index is 5.99. The van der Waals surface area contributed by atoms with Crippen molar-refractivity contribution in [1.82, 2.24) is 4.90 Å². The van der Waals surface area contributed by atoms with Crippen LogP contribution in [0, 0.1) is 13.8 Å². The fourth-order valence-corrected chi connectivity index (χ4v) is 2.43. The highest BCUT2D eigenvalue weighted by Gasteiger charge is 2.16. The van der Waals surface area contributed by atoms with Crippen LogP contribution in [0.5, 0.6) is 0 Å². The van der Waals surface area contributed by atoms with Crippen molar-refractivity contribution < 1.29 is 0 Å². The lowest BCUT2D eigenvalue weighted by Crippen LogP contribution is -2.31. The zero-order valence-electron chi connectivity index (χ0n) is 12.4. The van der Waals surface area contributed by atoms with Gasteiger partial charge < -0.3 is 5.73 Å². The van der Waals surface area contributed by atoms with E-state index in [9.17, 15) is 0 Å². The number of rotatable bonds is 7. The normalized spacial score (nSPS) is 13.0. The van der Waals surface area contributed by atoms with Crippen molar-refractivity contribution in [2.45, 2.75) is 46.1 Å². The molecule has 1 aromatic carbocycles. The Morgan fingerprint density at radius 2 is 1.94 bits per heavy atom. The summed E-state index contributed by atoms with van der Waals surface area (Å²) >= 11 is 0. The van der Waals surface area contributed by atoms with Gasteiger partial charge in [-0.1, -0.05) is 43.5 Å². The van der Waals surface area contributed by atoms with Crippen LogP contribution in [-0.4, -0.2) is 25.0 Å². The summed E-state index contributed by atoms with van der Waals surface area (Å²) in [5, 5.41) is 0. The molecule has 0 aromatic heterocycles. The van der Waals surface area contributed by atoms with Gasteiger partial charge in [0.05, 0.1) is 0 Å². The SMILES string of the molecule is CCCCCN(C)C(CN)c1cc(C)ccc1C. The van der Waals surface area contributed by atoms with E-state index in [-0.39, 0.29) is 0 Å². The standard InChI is InChI=1S/C16H28N2/c1-5-6-7-10-18(4)16(12-17)15-11-13(2)8-9-14(15)3/h8-9,11,16H,5-7,10,12,17H2,1-4H3. The van der Waals surface area contributed by atoms with E-state index in [2.05, 4.69) is 50.9 Å². The summed E-state index contributed by atoms with van der Waals surface area (Å²) in [4.78, 5) is 2.40. The van der Waals surface area contributed by atoms with E-state index in [1.54, 1.807) is 0 Å². The molecular weight excluding hydrogens is 220 g/mol. The Morgan fingerprint density at radius 1 is 1.22 bits per heavy atom. The Bertz CT molecular complexity index is 360. The molecule has 2 heteroatoms. The second-order valence-corrected chi connectivity index (χ2v) is 5.30. The molecule has 0 aliphatic carbocycles. The predicted molar refractivity (Wildman–Crippen MR) is 79.9 cm³/mol. The van der Waals surface area contributed by atoms with Gasteiger partial charge in [-0.05, 0) is 45.0 Å². The lowest BCUT2D eigenvalue weighted by atomic mass is 9.98. The maximum Gasteiger partial charge on any atom is 0.0470 e. The highest BCUT2D eigenvalue weighted by molar-refractivity contribution is 5.33. The van der Waals surface area contributed by atoms with Gasteiger partial charge in [0.15, 0.2) is 0 Å². The molecule has 0 aliphatic rings. The molecular formula is C16H28N2. The van der Waals surface area contributed by atoms with Gasteiger partial charge in [-0.3, -0.25) is 4.90 Å². The lowest BCUT2D eigenvalue weighted by Gasteiger charge is -2.29. The second kappa shape index (κ2) is 7.55. The van der Waals surface area contributed by atoms with Crippen molar-refractivity contribution >= 4 is 0 Å². The minimum absolute atomic E-state index is 0.349. The number of nitrogens with zero attached hydrogens (tertiary/aromatic N) is 1. The Labute approximate surface area is 112 Å².